The molecule has 0 aliphatic heterocycles. The van der Waals surface area contributed by atoms with Crippen LogP contribution in [0, 0.1) is 17.0 Å². The van der Waals surface area contributed by atoms with Gasteiger partial charge in [-0.3, -0.25) is 14.9 Å². The third kappa shape index (κ3) is 3.41. The number of rotatable bonds is 4. The van der Waals surface area contributed by atoms with Crippen LogP contribution in [-0.4, -0.2) is 22.8 Å². The number of hydrogen-bond acceptors (Lipinski definition) is 4. The molecule has 1 amide bonds. The fourth-order valence-corrected chi connectivity index (χ4v) is 2.09. The lowest BCUT2D eigenvalue weighted by Crippen LogP contribution is -2.26. The SMILES string of the molecule is Cc1ccc(CN(C)C(=O)c2cc(Cl)ccc2[N+](=O)[O-])o1. The van der Waals surface area contributed by atoms with Gasteiger partial charge in [0.05, 0.1) is 11.5 Å². The number of nitrogens with zero attached hydrogens (tertiary/aromatic N) is 2. The highest BCUT2D eigenvalue weighted by Gasteiger charge is 2.23. The molecule has 21 heavy (non-hydrogen) atoms. The molecule has 0 aliphatic rings. The minimum absolute atomic E-state index is 0.0433. The average Bonchev–Trinajstić information content (AvgIpc) is 2.82. The predicted molar refractivity (Wildman–Crippen MR) is 77.3 cm³/mol. The van der Waals surface area contributed by atoms with Gasteiger partial charge in [0.15, 0.2) is 0 Å². The molecule has 0 saturated heterocycles. The first-order valence-electron chi connectivity index (χ1n) is 6.13. The quantitative estimate of drug-likeness (QED) is 0.640. The lowest BCUT2D eigenvalue weighted by Gasteiger charge is -2.16. The molecule has 0 bridgehead atoms. The summed E-state index contributed by atoms with van der Waals surface area (Å²) in [6.07, 6.45) is 0. The molecule has 110 valence electrons. The summed E-state index contributed by atoms with van der Waals surface area (Å²) < 4.78 is 5.39. The van der Waals surface area contributed by atoms with Crippen LogP contribution in [0.3, 0.4) is 0 Å². The summed E-state index contributed by atoms with van der Waals surface area (Å²) in [5, 5.41) is 11.3. The Morgan fingerprint density at radius 1 is 1.38 bits per heavy atom. The van der Waals surface area contributed by atoms with Crippen LogP contribution in [0.5, 0.6) is 0 Å². The minimum Gasteiger partial charge on any atom is -0.464 e. The first-order valence-corrected chi connectivity index (χ1v) is 6.51. The van der Waals surface area contributed by atoms with Gasteiger partial charge in [0.25, 0.3) is 11.6 Å². The van der Waals surface area contributed by atoms with E-state index in [1.54, 1.807) is 26.1 Å². The van der Waals surface area contributed by atoms with Crippen molar-refractivity contribution in [3.05, 3.63) is 62.6 Å². The Morgan fingerprint density at radius 3 is 2.67 bits per heavy atom. The van der Waals surface area contributed by atoms with Gasteiger partial charge in [0.1, 0.15) is 17.1 Å². The van der Waals surface area contributed by atoms with Gasteiger partial charge in [-0.1, -0.05) is 11.6 Å². The Labute approximate surface area is 126 Å². The Kier molecular flexibility index (Phi) is 4.28. The first-order chi connectivity index (χ1) is 9.88. The van der Waals surface area contributed by atoms with E-state index in [1.165, 1.54) is 23.1 Å². The number of nitro groups is 1. The lowest BCUT2D eigenvalue weighted by atomic mass is 10.1. The van der Waals surface area contributed by atoms with Crippen LogP contribution >= 0.6 is 11.6 Å². The van der Waals surface area contributed by atoms with Gasteiger partial charge in [-0.25, -0.2) is 0 Å². The Morgan fingerprint density at radius 2 is 2.10 bits per heavy atom. The van der Waals surface area contributed by atoms with Crippen molar-refractivity contribution >= 4 is 23.2 Å². The van der Waals surface area contributed by atoms with Gasteiger partial charge in [0, 0.05) is 18.1 Å². The third-order valence-corrected chi connectivity index (χ3v) is 3.16. The molecular formula is C14H13ClN2O4. The molecule has 0 unspecified atom stereocenters. The highest BCUT2D eigenvalue weighted by Crippen LogP contribution is 2.24. The second kappa shape index (κ2) is 5.97. The first kappa shape index (κ1) is 15.1. The molecule has 2 aromatic rings. The van der Waals surface area contributed by atoms with Gasteiger partial charge in [-0.05, 0) is 31.2 Å². The van der Waals surface area contributed by atoms with E-state index < -0.39 is 10.8 Å². The van der Waals surface area contributed by atoms with E-state index in [1.807, 2.05) is 0 Å². The van der Waals surface area contributed by atoms with Gasteiger partial charge < -0.3 is 9.32 Å². The summed E-state index contributed by atoms with van der Waals surface area (Å²) in [4.78, 5) is 24.1. The van der Waals surface area contributed by atoms with Crippen LogP contribution in [0.1, 0.15) is 21.9 Å². The fraction of sp³-hybridized carbons (Fsp3) is 0.214. The molecule has 6 nitrogen and oxygen atoms in total. The van der Waals surface area contributed by atoms with Crippen molar-refractivity contribution in [2.75, 3.05) is 7.05 Å². The highest BCUT2D eigenvalue weighted by molar-refractivity contribution is 6.31. The van der Waals surface area contributed by atoms with Crippen molar-refractivity contribution in [2.45, 2.75) is 13.5 Å². The largest absolute Gasteiger partial charge is 0.464 e. The van der Waals surface area contributed by atoms with E-state index in [2.05, 4.69) is 0 Å². The normalized spacial score (nSPS) is 10.4. The molecule has 1 aromatic carbocycles. The molecule has 0 fully saturated rings. The molecule has 1 heterocycles. The van der Waals surface area contributed by atoms with Crippen LogP contribution in [0.25, 0.3) is 0 Å². The van der Waals surface area contributed by atoms with Crippen molar-refractivity contribution in [3.8, 4) is 0 Å². The standard InChI is InChI=1S/C14H13ClN2O4/c1-9-3-5-11(21-9)8-16(2)14(18)12-7-10(15)4-6-13(12)17(19)20/h3-7H,8H2,1-2H3. The predicted octanol–water partition coefficient (Wildman–Crippen LogP) is 3.42. The number of amides is 1. The van der Waals surface area contributed by atoms with Gasteiger partial charge in [0.2, 0.25) is 0 Å². The topological polar surface area (TPSA) is 76.6 Å². The van der Waals surface area contributed by atoms with Crippen molar-refractivity contribution in [1.29, 1.82) is 0 Å². The Balaban J connectivity index is 2.26. The monoisotopic (exact) mass is 308 g/mol. The number of carbonyl (C=O) groups excluding carboxylic acids is 1. The van der Waals surface area contributed by atoms with Crippen molar-refractivity contribution < 1.29 is 14.1 Å². The smallest absolute Gasteiger partial charge is 0.282 e. The van der Waals surface area contributed by atoms with Crippen molar-refractivity contribution in [3.63, 3.8) is 0 Å². The minimum atomic E-state index is -0.603. The summed E-state index contributed by atoms with van der Waals surface area (Å²) >= 11 is 5.82. The molecule has 0 radical (unpaired) electrons. The second-order valence-corrected chi connectivity index (χ2v) is 5.03. The van der Waals surface area contributed by atoms with Crippen LogP contribution in [-0.2, 0) is 6.54 Å². The lowest BCUT2D eigenvalue weighted by molar-refractivity contribution is -0.385. The maximum atomic E-state index is 12.4. The summed E-state index contributed by atoms with van der Waals surface area (Å²) in [6, 6.07) is 7.44. The Hall–Kier alpha value is -2.34. The number of nitro benzene ring substituents is 1. The maximum Gasteiger partial charge on any atom is 0.282 e. The summed E-state index contributed by atoms with van der Waals surface area (Å²) in [6.45, 7) is 2.02. The van der Waals surface area contributed by atoms with Crippen molar-refractivity contribution in [1.82, 2.24) is 4.90 Å². The van der Waals surface area contributed by atoms with E-state index in [-0.39, 0.29) is 22.8 Å². The Bertz CT molecular complexity index is 696. The van der Waals surface area contributed by atoms with E-state index >= 15 is 0 Å². The molecule has 0 spiro atoms. The highest BCUT2D eigenvalue weighted by atomic mass is 35.5. The molecular weight excluding hydrogens is 296 g/mol. The molecule has 0 saturated carbocycles. The third-order valence-electron chi connectivity index (χ3n) is 2.92. The zero-order chi connectivity index (χ0) is 15.6. The number of halogens is 1. The van der Waals surface area contributed by atoms with Gasteiger partial charge in [-0.2, -0.15) is 0 Å². The van der Waals surface area contributed by atoms with Crippen LogP contribution < -0.4 is 0 Å². The van der Waals surface area contributed by atoms with E-state index in [9.17, 15) is 14.9 Å². The molecule has 0 atom stereocenters. The van der Waals surface area contributed by atoms with E-state index in [4.69, 9.17) is 16.0 Å². The van der Waals surface area contributed by atoms with E-state index in [0.29, 0.717) is 5.76 Å². The zero-order valence-electron chi connectivity index (χ0n) is 11.5. The molecule has 0 aliphatic carbocycles. The average molecular weight is 309 g/mol. The molecule has 2 rings (SSSR count). The zero-order valence-corrected chi connectivity index (χ0v) is 12.3. The molecule has 0 N–H and O–H groups in total. The number of hydrogen-bond donors (Lipinski definition) is 0. The molecule has 1 aromatic heterocycles. The van der Waals surface area contributed by atoms with Crippen LogP contribution in [0.4, 0.5) is 5.69 Å². The molecule has 7 heteroatoms. The van der Waals surface area contributed by atoms with Gasteiger partial charge in [-0.15, -0.1) is 0 Å². The second-order valence-electron chi connectivity index (χ2n) is 4.59. The van der Waals surface area contributed by atoms with Gasteiger partial charge >= 0.3 is 0 Å². The van der Waals surface area contributed by atoms with Crippen LogP contribution in [0.15, 0.2) is 34.7 Å². The fourth-order valence-electron chi connectivity index (χ4n) is 1.92. The summed E-state index contributed by atoms with van der Waals surface area (Å²) in [5.41, 5.74) is -0.315. The number of carbonyl (C=O) groups is 1. The van der Waals surface area contributed by atoms with Crippen LogP contribution in [0.2, 0.25) is 5.02 Å². The number of benzene rings is 1. The number of aryl methyl sites for hydroxylation is 1. The maximum absolute atomic E-state index is 12.4. The summed E-state index contributed by atoms with van der Waals surface area (Å²) in [7, 11) is 1.55. The van der Waals surface area contributed by atoms with E-state index in [0.717, 1.165) is 5.76 Å². The number of furan rings is 1. The summed E-state index contributed by atoms with van der Waals surface area (Å²) in [5.74, 6) is 0.853. The van der Waals surface area contributed by atoms with Crippen molar-refractivity contribution in [2.24, 2.45) is 0 Å².